The van der Waals surface area contributed by atoms with Gasteiger partial charge in [-0.2, -0.15) is 4.31 Å². The second-order valence-corrected chi connectivity index (χ2v) is 9.17. The predicted octanol–water partition coefficient (Wildman–Crippen LogP) is 1.13. The fourth-order valence-electron chi connectivity index (χ4n) is 3.28. The molecule has 9 heteroatoms. The highest BCUT2D eigenvalue weighted by Crippen LogP contribution is 2.33. The molecule has 24 heavy (non-hydrogen) atoms. The molecule has 3 heterocycles. The first-order valence-electron chi connectivity index (χ1n) is 7.79. The molecule has 1 aromatic heterocycles. The first kappa shape index (κ1) is 16.2. The van der Waals surface area contributed by atoms with Gasteiger partial charge in [0, 0.05) is 33.0 Å². The van der Waals surface area contributed by atoms with E-state index in [2.05, 4.69) is 0 Å². The number of sulfonamides is 1. The lowest BCUT2D eigenvalue weighted by Gasteiger charge is -2.36. The van der Waals surface area contributed by atoms with Gasteiger partial charge in [0.15, 0.2) is 5.79 Å². The van der Waals surface area contributed by atoms with E-state index in [1.165, 1.54) is 25.9 Å². The second kappa shape index (κ2) is 5.63. The van der Waals surface area contributed by atoms with Crippen molar-refractivity contribution in [3.05, 3.63) is 28.6 Å². The highest BCUT2D eigenvalue weighted by atomic mass is 32.2. The van der Waals surface area contributed by atoms with E-state index in [1.807, 2.05) is 0 Å². The Morgan fingerprint density at radius 2 is 1.83 bits per heavy atom. The van der Waals surface area contributed by atoms with Crippen molar-refractivity contribution in [3.63, 3.8) is 0 Å². The molecule has 0 N–H and O–H groups in total. The zero-order chi connectivity index (χ0) is 16.9. The van der Waals surface area contributed by atoms with Gasteiger partial charge in [0.2, 0.25) is 10.0 Å². The molecule has 1 aromatic carbocycles. The van der Waals surface area contributed by atoms with Gasteiger partial charge >= 0.3 is 0 Å². The number of ether oxygens (including phenoxy) is 2. The predicted molar refractivity (Wildman–Crippen MR) is 89.7 cm³/mol. The maximum absolute atomic E-state index is 12.9. The van der Waals surface area contributed by atoms with Crippen LogP contribution < -0.4 is 5.56 Å². The Morgan fingerprint density at radius 1 is 1.17 bits per heavy atom. The van der Waals surface area contributed by atoms with Crippen molar-refractivity contribution in [1.82, 2.24) is 8.26 Å². The Balaban J connectivity index is 1.63. The van der Waals surface area contributed by atoms with E-state index >= 15 is 0 Å². The number of aryl methyl sites for hydroxylation is 1. The molecule has 2 aliphatic heterocycles. The van der Waals surface area contributed by atoms with Crippen LogP contribution in [0.2, 0.25) is 0 Å². The van der Waals surface area contributed by atoms with E-state index < -0.39 is 15.8 Å². The summed E-state index contributed by atoms with van der Waals surface area (Å²) in [6, 6.07) is 4.75. The molecular weight excluding hydrogens is 352 g/mol. The number of aromatic nitrogens is 1. The lowest BCUT2D eigenvalue weighted by molar-refractivity contribution is -0.179. The van der Waals surface area contributed by atoms with E-state index in [0.717, 1.165) is 4.70 Å². The average molecular weight is 370 g/mol. The minimum absolute atomic E-state index is 0.162. The fraction of sp³-hybridized carbons (Fsp3) is 0.533. The molecule has 0 radical (unpaired) electrons. The van der Waals surface area contributed by atoms with Crippen molar-refractivity contribution in [2.75, 3.05) is 26.3 Å². The van der Waals surface area contributed by atoms with Crippen LogP contribution in [-0.2, 0) is 26.5 Å². The summed E-state index contributed by atoms with van der Waals surface area (Å²) in [6.45, 7) is 1.82. The molecule has 2 fully saturated rings. The van der Waals surface area contributed by atoms with Gasteiger partial charge in [0.1, 0.15) is 0 Å². The molecular formula is C15H18N2O5S2. The van der Waals surface area contributed by atoms with Crippen LogP contribution in [0, 0.1) is 0 Å². The van der Waals surface area contributed by atoms with Crippen LogP contribution in [0.3, 0.4) is 0 Å². The molecule has 2 saturated heterocycles. The number of fused-ring (bicyclic) bond motifs is 1. The standard InChI is InChI=1S/C15H18N2O5S2/c1-16-14(18)12-10-11(2-3-13(12)23-16)24(19,20)17-6-4-15(5-7-17)21-8-9-22-15/h2-3,10H,4-9H2,1H3. The van der Waals surface area contributed by atoms with Crippen molar-refractivity contribution in [1.29, 1.82) is 0 Å². The molecule has 2 aromatic rings. The van der Waals surface area contributed by atoms with Gasteiger partial charge in [-0.3, -0.25) is 8.75 Å². The minimum Gasteiger partial charge on any atom is -0.347 e. The summed E-state index contributed by atoms with van der Waals surface area (Å²) in [6.07, 6.45) is 1.05. The van der Waals surface area contributed by atoms with Gasteiger partial charge in [-0.25, -0.2) is 8.42 Å². The van der Waals surface area contributed by atoms with Crippen LogP contribution in [0.15, 0.2) is 27.9 Å². The molecule has 0 unspecified atom stereocenters. The van der Waals surface area contributed by atoms with E-state index in [9.17, 15) is 13.2 Å². The maximum atomic E-state index is 12.9. The van der Waals surface area contributed by atoms with E-state index in [0.29, 0.717) is 44.5 Å². The molecule has 2 aliphatic rings. The minimum atomic E-state index is -3.63. The van der Waals surface area contributed by atoms with Gasteiger partial charge in [0.05, 0.1) is 28.2 Å². The normalized spacial score (nSPS) is 21.7. The Morgan fingerprint density at radius 3 is 2.50 bits per heavy atom. The van der Waals surface area contributed by atoms with Crippen molar-refractivity contribution < 1.29 is 17.9 Å². The van der Waals surface area contributed by atoms with Crippen LogP contribution in [0.1, 0.15) is 12.8 Å². The van der Waals surface area contributed by atoms with Crippen molar-refractivity contribution >= 4 is 31.6 Å². The van der Waals surface area contributed by atoms with E-state index in [1.54, 1.807) is 19.2 Å². The quantitative estimate of drug-likeness (QED) is 0.792. The Hall–Kier alpha value is -1.26. The first-order chi connectivity index (χ1) is 11.4. The topological polar surface area (TPSA) is 77.8 Å². The number of hydrogen-bond acceptors (Lipinski definition) is 6. The van der Waals surface area contributed by atoms with Gasteiger partial charge in [0.25, 0.3) is 5.56 Å². The number of nitrogens with zero attached hydrogens (tertiary/aromatic N) is 2. The van der Waals surface area contributed by atoms with Gasteiger partial charge in [-0.1, -0.05) is 11.5 Å². The van der Waals surface area contributed by atoms with Crippen LogP contribution in [0.5, 0.6) is 0 Å². The SMILES string of the molecule is Cn1sc2ccc(S(=O)(=O)N3CCC4(CC3)OCCO4)cc2c1=O. The second-order valence-electron chi connectivity index (χ2n) is 6.06. The van der Waals surface area contributed by atoms with Gasteiger partial charge < -0.3 is 9.47 Å². The van der Waals surface area contributed by atoms with E-state index in [-0.39, 0.29) is 10.5 Å². The summed E-state index contributed by atoms with van der Waals surface area (Å²) < 4.78 is 40.8. The van der Waals surface area contributed by atoms with Gasteiger partial charge in [-0.15, -0.1) is 0 Å². The van der Waals surface area contributed by atoms with Crippen molar-refractivity contribution in [3.8, 4) is 0 Å². The zero-order valence-corrected chi connectivity index (χ0v) is 14.9. The van der Waals surface area contributed by atoms with Crippen LogP contribution in [0.4, 0.5) is 0 Å². The Labute approximate surface area is 143 Å². The number of piperidine rings is 1. The Bertz CT molecular complexity index is 930. The van der Waals surface area contributed by atoms with Crippen molar-refractivity contribution in [2.45, 2.75) is 23.5 Å². The largest absolute Gasteiger partial charge is 0.347 e. The first-order valence-corrected chi connectivity index (χ1v) is 10.0. The summed E-state index contributed by atoms with van der Waals surface area (Å²) in [5, 5.41) is 0.444. The number of hydrogen-bond donors (Lipinski definition) is 0. The summed E-state index contributed by atoms with van der Waals surface area (Å²) in [4.78, 5) is 12.2. The molecule has 0 amide bonds. The zero-order valence-electron chi connectivity index (χ0n) is 13.2. The monoisotopic (exact) mass is 370 g/mol. The van der Waals surface area contributed by atoms with Crippen LogP contribution >= 0.6 is 11.5 Å². The summed E-state index contributed by atoms with van der Waals surface area (Å²) in [5.41, 5.74) is -0.169. The maximum Gasteiger partial charge on any atom is 0.268 e. The third-order valence-corrected chi connectivity index (χ3v) is 7.53. The van der Waals surface area contributed by atoms with Gasteiger partial charge in [-0.05, 0) is 18.2 Å². The molecule has 0 saturated carbocycles. The van der Waals surface area contributed by atoms with E-state index in [4.69, 9.17) is 9.47 Å². The average Bonchev–Trinajstić information content (AvgIpc) is 3.13. The third kappa shape index (κ3) is 2.51. The lowest BCUT2D eigenvalue weighted by atomic mass is 10.1. The third-order valence-electron chi connectivity index (χ3n) is 4.64. The summed E-state index contributed by atoms with van der Waals surface area (Å²) in [7, 11) is -1.96. The molecule has 1 spiro atoms. The highest BCUT2D eigenvalue weighted by Gasteiger charge is 2.42. The van der Waals surface area contributed by atoms with Crippen molar-refractivity contribution in [2.24, 2.45) is 7.05 Å². The highest BCUT2D eigenvalue weighted by molar-refractivity contribution is 7.89. The molecule has 0 atom stereocenters. The Kier molecular flexibility index (Phi) is 3.81. The number of benzene rings is 1. The molecule has 130 valence electrons. The summed E-state index contributed by atoms with van der Waals surface area (Å²) in [5.74, 6) is -0.612. The smallest absolute Gasteiger partial charge is 0.268 e. The molecule has 4 rings (SSSR count). The number of rotatable bonds is 2. The van der Waals surface area contributed by atoms with Crippen LogP contribution in [0.25, 0.3) is 10.1 Å². The molecule has 0 bridgehead atoms. The van der Waals surface area contributed by atoms with Crippen LogP contribution in [-0.4, -0.2) is 48.8 Å². The lowest BCUT2D eigenvalue weighted by Crippen LogP contribution is -2.47. The fourth-order valence-corrected chi connectivity index (χ4v) is 5.59. The molecule has 7 nitrogen and oxygen atoms in total. The molecule has 0 aliphatic carbocycles. The summed E-state index contributed by atoms with van der Waals surface area (Å²) >= 11 is 1.31.